The number of aliphatic hydroxyl groups excluding tert-OH is 1. The molecule has 2 atom stereocenters. The molecule has 0 spiro atoms. The summed E-state index contributed by atoms with van der Waals surface area (Å²) in [5.74, 6) is -1.35. The molecule has 1 aliphatic rings. The number of nitrogens with two attached hydrogens (primary N) is 1. The van der Waals surface area contributed by atoms with Gasteiger partial charge in [0.25, 0.3) is 0 Å². The quantitative estimate of drug-likeness (QED) is 0.243. The molecule has 10 heteroatoms. The number of unbranched alkanes of at least 4 members (excludes halogenated alkanes) is 1. The van der Waals surface area contributed by atoms with Crippen LogP contribution < -0.4 is 11.1 Å². The highest BCUT2D eigenvalue weighted by atomic mass is 35.5. The van der Waals surface area contributed by atoms with Crippen LogP contribution in [0.25, 0.3) is 0 Å². The third kappa shape index (κ3) is 5.73. The minimum absolute atomic E-state index is 0. The molecule has 1 aliphatic heterocycles. The van der Waals surface area contributed by atoms with Crippen LogP contribution in [0, 0.1) is 5.92 Å². The van der Waals surface area contributed by atoms with Crippen molar-refractivity contribution in [3.63, 3.8) is 0 Å². The smallest absolute Gasteiger partial charge is 0.451 e. The maximum absolute atomic E-state index is 11.2. The molecule has 7 N–H and O–H groups in total. The number of aliphatic carboxylic acids is 1. The molecule has 0 amide bonds. The zero-order valence-electron chi connectivity index (χ0n) is 11.1. The second-order valence-corrected chi connectivity index (χ2v) is 4.94. The molecule has 20 heavy (non-hydrogen) atoms. The molecule has 7 nitrogen and oxygen atoms in total. The van der Waals surface area contributed by atoms with Crippen molar-refractivity contribution in [2.75, 3.05) is 13.1 Å². The Morgan fingerprint density at radius 3 is 2.25 bits per heavy atom. The fourth-order valence-corrected chi connectivity index (χ4v) is 2.08. The van der Waals surface area contributed by atoms with E-state index in [1.54, 1.807) is 0 Å². The van der Waals surface area contributed by atoms with E-state index in [1.165, 1.54) is 0 Å². The van der Waals surface area contributed by atoms with Crippen LogP contribution in [0.15, 0.2) is 0 Å². The topological polar surface area (TPSA) is 136 Å². The predicted molar refractivity (Wildman–Crippen MR) is 80.3 cm³/mol. The average Bonchev–Trinajstić information content (AvgIpc) is 2.20. The summed E-state index contributed by atoms with van der Waals surface area (Å²) >= 11 is 0. The Morgan fingerprint density at radius 1 is 1.35 bits per heavy atom. The van der Waals surface area contributed by atoms with Crippen LogP contribution in [0.2, 0.25) is 6.32 Å². The minimum atomic E-state index is -1.66. The highest BCUT2D eigenvalue weighted by Gasteiger charge is 2.46. The predicted octanol–water partition coefficient (Wildman–Crippen LogP) is -1.16. The van der Waals surface area contributed by atoms with Crippen molar-refractivity contribution in [2.24, 2.45) is 11.7 Å². The van der Waals surface area contributed by atoms with Gasteiger partial charge in [-0.05, 0) is 12.7 Å². The van der Waals surface area contributed by atoms with Gasteiger partial charge in [0.05, 0.1) is 6.10 Å². The Kier molecular flexibility index (Phi) is 10.9. The fourth-order valence-electron chi connectivity index (χ4n) is 2.08. The van der Waals surface area contributed by atoms with Gasteiger partial charge >= 0.3 is 13.1 Å². The van der Waals surface area contributed by atoms with Crippen LogP contribution in [-0.2, 0) is 4.79 Å². The maximum Gasteiger partial charge on any atom is 0.451 e. The summed E-state index contributed by atoms with van der Waals surface area (Å²) in [5.41, 5.74) is 4.15. The van der Waals surface area contributed by atoms with Gasteiger partial charge in [-0.3, -0.25) is 4.79 Å². The molecule has 0 saturated carbocycles. The largest absolute Gasteiger partial charge is 0.480 e. The molecule has 1 fully saturated rings. The van der Waals surface area contributed by atoms with Crippen molar-refractivity contribution in [2.45, 2.75) is 37.2 Å². The van der Waals surface area contributed by atoms with Gasteiger partial charge < -0.3 is 31.3 Å². The van der Waals surface area contributed by atoms with E-state index in [2.05, 4.69) is 5.32 Å². The number of carbonyl (C=O) groups is 1. The molecule has 0 aromatic carbocycles. The Balaban J connectivity index is 0. The van der Waals surface area contributed by atoms with Gasteiger partial charge in [0.2, 0.25) is 0 Å². The molecule has 1 rings (SSSR count). The van der Waals surface area contributed by atoms with Crippen molar-refractivity contribution in [1.29, 1.82) is 0 Å². The lowest BCUT2D eigenvalue weighted by Gasteiger charge is -2.39. The molecule has 0 radical (unpaired) electrons. The molecule has 0 aliphatic carbocycles. The lowest BCUT2D eigenvalue weighted by atomic mass is 9.77. The van der Waals surface area contributed by atoms with Crippen LogP contribution in [0.4, 0.5) is 0 Å². The summed E-state index contributed by atoms with van der Waals surface area (Å²) in [7, 11) is -1.39. The van der Waals surface area contributed by atoms with Gasteiger partial charge in [-0.25, -0.2) is 0 Å². The summed E-state index contributed by atoms with van der Waals surface area (Å²) in [5, 5.41) is 39.5. The van der Waals surface area contributed by atoms with Gasteiger partial charge in [0.15, 0.2) is 0 Å². The van der Waals surface area contributed by atoms with Crippen LogP contribution in [0.1, 0.15) is 19.3 Å². The van der Waals surface area contributed by atoms with Crippen molar-refractivity contribution >= 4 is 37.9 Å². The highest BCUT2D eigenvalue weighted by molar-refractivity contribution is 6.40. The van der Waals surface area contributed by atoms with E-state index in [-0.39, 0.29) is 43.5 Å². The first-order valence-corrected chi connectivity index (χ1v) is 6.15. The number of hydrogen-bond acceptors (Lipinski definition) is 6. The number of aliphatic hydroxyl groups is 1. The first-order chi connectivity index (χ1) is 8.38. The van der Waals surface area contributed by atoms with Crippen molar-refractivity contribution < 1.29 is 25.1 Å². The normalized spacial score (nSPS) is 18.8. The fraction of sp³-hybridized carbons (Fsp3) is 0.900. The first-order valence-electron chi connectivity index (χ1n) is 6.15. The summed E-state index contributed by atoms with van der Waals surface area (Å²) in [6, 6.07) is 0. The van der Waals surface area contributed by atoms with E-state index in [0.717, 1.165) is 0 Å². The van der Waals surface area contributed by atoms with Crippen molar-refractivity contribution in [3.05, 3.63) is 0 Å². The lowest BCUT2D eigenvalue weighted by molar-refractivity contribution is -0.151. The summed E-state index contributed by atoms with van der Waals surface area (Å²) in [4.78, 5) is 11.2. The van der Waals surface area contributed by atoms with Gasteiger partial charge in [-0.1, -0.05) is 12.8 Å². The molecular weight excluding hydrogens is 310 g/mol. The molecule has 1 saturated heterocycles. The number of hydrogen-bond donors (Lipinski definition) is 6. The second kappa shape index (κ2) is 9.78. The summed E-state index contributed by atoms with van der Waals surface area (Å²) in [6.07, 6.45) is 0.0935. The van der Waals surface area contributed by atoms with E-state index in [4.69, 9.17) is 15.8 Å². The van der Waals surface area contributed by atoms with Gasteiger partial charge in [-0.15, -0.1) is 24.8 Å². The molecule has 0 aromatic heterocycles. The summed E-state index contributed by atoms with van der Waals surface area (Å²) < 4.78 is 0. The number of nitrogens with one attached hydrogen (secondary N) is 1. The highest BCUT2D eigenvalue weighted by Crippen LogP contribution is 2.25. The monoisotopic (exact) mass is 332 g/mol. The molecular formula is C10H23BCl2N2O5. The molecule has 2 unspecified atom stereocenters. The maximum atomic E-state index is 11.2. The van der Waals surface area contributed by atoms with Crippen molar-refractivity contribution in [3.8, 4) is 0 Å². The Hall–Kier alpha value is -0.0851. The summed E-state index contributed by atoms with van der Waals surface area (Å²) in [6.45, 7) is 1.14. The number of carboxylic acid groups (broad SMARTS) is 1. The Morgan fingerprint density at radius 2 is 1.90 bits per heavy atom. The first kappa shape index (κ1) is 22.2. The average molecular weight is 333 g/mol. The second-order valence-electron chi connectivity index (χ2n) is 4.94. The van der Waals surface area contributed by atoms with E-state index in [1.807, 2.05) is 0 Å². The Labute approximate surface area is 130 Å². The van der Waals surface area contributed by atoms with Gasteiger partial charge in [-0.2, -0.15) is 0 Å². The number of rotatable bonds is 8. The van der Waals surface area contributed by atoms with Gasteiger partial charge in [0, 0.05) is 19.0 Å². The van der Waals surface area contributed by atoms with Crippen molar-refractivity contribution in [1.82, 2.24) is 5.32 Å². The molecule has 1 heterocycles. The minimum Gasteiger partial charge on any atom is -0.480 e. The zero-order chi connectivity index (χ0) is 13.8. The van der Waals surface area contributed by atoms with Crippen LogP contribution >= 0.6 is 24.8 Å². The third-order valence-corrected chi connectivity index (χ3v) is 3.49. The van der Waals surface area contributed by atoms with E-state index < -0.39 is 24.7 Å². The van der Waals surface area contributed by atoms with E-state index in [9.17, 15) is 15.0 Å². The van der Waals surface area contributed by atoms with Crippen LogP contribution in [0.5, 0.6) is 0 Å². The van der Waals surface area contributed by atoms with Gasteiger partial charge in [0.1, 0.15) is 5.54 Å². The standard InChI is InChI=1S/C10H21BN2O5.2ClH/c12-10(9(15)16,3-1-2-4-11(17)18)8(14)7-5-13-6-7;;/h7-8,13-14,17-18H,1-6,12H2,(H,15,16);2*1H. The lowest BCUT2D eigenvalue weighted by Crippen LogP contribution is -2.65. The number of halogens is 2. The number of carboxylic acids is 1. The zero-order valence-corrected chi connectivity index (χ0v) is 12.7. The molecule has 120 valence electrons. The Bertz CT molecular complexity index is 297. The molecule has 0 aromatic rings. The van der Waals surface area contributed by atoms with E-state index in [0.29, 0.717) is 25.9 Å². The SMILES string of the molecule is Cl.Cl.NC(CCCCB(O)O)(C(=O)O)C(O)C1CNC1. The van der Waals surface area contributed by atoms with E-state index >= 15 is 0 Å². The van der Waals surface area contributed by atoms with Crippen LogP contribution in [0.3, 0.4) is 0 Å². The third-order valence-electron chi connectivity index (χ3n) is 3.49. The molecule has 0 bridgehead atoms. The van der Waals surface area contributed by atoms with Crippen LogP contribution in [-0.4, -0.2) is 58.1 Å².